The molecule has 2 heteroatoms. The van der Waals surface area contributed by atoms with Gasteiger partial charge in [-0.1, -0.05) is 170 Å². The number of hydrogen-bond donors (Lipinski definition) is 0. The van der Waals surface area contributed by atoms with Gasteiger partial charge in [-0.05, 0) is 298 Å². The molecule has 11 fully saturated rings. The highest BCUT2D eigenvalue weighted by molar-refractivity contribution is 5.14. The van der Waals surface area contributed by atoms with Crippen LogP contribution >= 0.6 is 0 Å². The van der Waals surface area contributed by atoms with Crippen LogP contribution in [0.4, 0.5) is 0 Å². The van der Waals surface area contributed by atoms with Crippen molar-refractivity contribution in [3.05, 3.63) is 24.3 Å². The fourth-order valence-corrected chi connectivity index (χ4v) is 24.8. The van der Waals surface area contributed by atoms with Crippen molar-refractivity contribution in [1.82, 2.24) is 9.80 Å². The van der Waals surface area contributed by atoms with E-state index in [9.17, 15) is 0 Å². The largest absolute Gasteiger partial charge is 0.294 e. The highest BCUT2D eigenvalue weighted by atomic mass is 15.2. The van der Waals surface area contributed by atoms with Crippen LogP contribution in [0, 0.1) is 118 Å². The molecule has 468 valence electrons. The van der Waals surface area contributed by atoms with E-state index in [1.807, 2.05) is 0 Å². The highest BCUT2D eigenvalue weighted by Crippen LogP contribution is 2.67. The smallest absolute Gasteiger partial charge is 0.0158 e. The van der Waals surface area contributed by atoms with Gasteiger partial charge in [0.1, 0.15) is 0 Å². The molecule has 0 spiro atoms. The number of fused-ring (bicyclic) bond motifs is 2. The van der Waals surface area contributed by atoms with Crippen LogP contribution in [-0.4, -0.2) is 46.1 Å². The molecule has 0 aromatic heterocycles. The minimum Gasteiger partial charge on any atom is -0.294 e. The van der Waals surface area contributed by atoms with Crippen LogP contribution in [0.2, 0.25) is 0 Å². The summed E-state index contributed by atoms with van der Waals surface area (Å²) in [5.74, 6) is 19.0. The second-order valence-corrected chi connectivity index (χ2v) is 33.9. The molecule has 14 atom stereocenters. The van der Waals surface area contributed by atoms with Crippen molar-refractivity contribution in [2.45, 2.75) is 361 Å². The molecule has 0 aromatic carbocycles. The first-order valence-electron chi connectivity index (χ1n) is 39.1. The Kier molecular flexibility index (Phi) is 23.3. The summed E-state index contributed by atoms with van der Waals surface area (Å²) in [5, 5.41) is 0. The lowest BCUT2D eigenvalue weighted by atomic mass is 9.41. The molecule has 0 amide bonds. The first-order chi connectivity index (χ1) is 40.1. The van der Waals surface area contributed by atoms with Crippen LogP contribution in [0.3, 0.4) is 0 Å². The van der Waals surface area contributed by atoms with Crippen LogP contribution in [0.5, 0.6) is 0 Å². The summed E-state index contributed by atoms with van der Waals surface area (Å²) in [6.45, 7) is 20.4. The lowest BCUT2D eigenvalue weighted by molar-refractivity contribution is -0.186. The maximum absolute atomic E-state index is 3.61. The Labute approximate surface area is 511 Å². The molecule has 0 radical (unpaired) electrons. The Balaban J connectivity index is 0.878. The predicted molar refractivity (Wildman–Crippen MR) is 354 cm³/mol. The van der Waals surface area contributed by atoms with Crippen LogP contribution in [0.25, 0.3) is 0 Å². The van der Waals surface area contributed by atoms with Gasteiger partial charge in [0.05, 0.1) is 0 Å². The molecule has 0 aromatic rings. The van der Waals surface area contributed by atoms with Gasteiger partial charge in [0.15, 0.2) is 0 Å². The molecule has 82 heavy (non-hydrogen) atoms. The second kappa shape index (κ2) is 30.3. The zero-order chi connectivity index (χ0) is 56.7. The van der Waals surface area contributed by atoms with Crippen LogP contribution < -0.4 is 0 Å². The third kappa shape index (κ3) is 14.5. The van der Waals surface area contributed by atoms with Crippen molar-refractivity contribution in [2.75, 3.05) is 0 Å². The van der Waals surface area contributed by atoms with E-state index in [1.165, 1.54) is 205 Å². The van der Waals surface area contributed by atoms with E-state index in [-0.39, 0.29) is 0 Å². The Hall–Kier alpha value is -0.600. The van der Waals surface area contributed by atoms with E-state index in [1.54, 1.807) is 64.2 Å². The molecule has 0 N–H and O–H groups in total. The third-order valence-electron chi connectivity index (χ3n) is 28.5. The monoisotopic (exact) mass is 1130 g/mol. The Morgan fingerprint density at radius 3 is 0.878 bits per heavy atom. The fraction of sp³-hybridized carbons (Fsp3) is 0.950. The van der Waals surface area contributed by atoms with Gasteiger partial charge in [0, 0.05) is 36.3 Å². The number of nitrogens with zero attached hydrogens (tertiary/aromatic N) is 2. The Morgan fingerprint density at radius 2 is 0.573 bits per heavy atom. The standard InChI is InChI=1S/C80H138N2/c1-9-13-19-63-51-57(7)52-64(20-14-10-2)79(63)81(67-43-39-61(40-44-67)37-35-59-31-27-55(5)28-32-59)75-49-47-71-72-48-50-76(74-26-18-24-70(78(72)74)69-23-17-25-73(75)77(69)71)82(80-65(21-15-11-3)53-58(8)54-66(80)22-16-12-4)68-45-41-62(42-46-68)38-36-60-33-29-56(6)30-34-60/h35-38,55-80H,9-34,39-54H2,1-8H3/b37-35+,38-36+. The minimum absolute atomic E-state index is 0.836. The maximum Gasteiger partial charge on any atom is 0.0158 e. The molecule has 0 saturated heterocycles. The summed E-state index contributed by atoms with van der Waals surface area (Å²) in [5.41, 5.74) is 0. The first kappa shape index (κ1) is 63.0. The average Bonchev–Trinajstić information content (AvgIpc) is 3.65. The normalized spacial score (nSPS) is 46.5. The number of hydrogen-bond acceptors (Lipinski definition) is 2. The Morgan fingerprint density at radius 1 is 0.293 bits per heavy atom. The van der Waals surface area contributed by atoms with Gasteiger partial charge >= 0.3 is 0 Å². The molecule has 11 saturated carbocycles. The molecule has 11 aliphatic rings. The minimum atomic E-state index is 0.836. The van der Waals surface area contributed by atoms with E-state index in [0.717, 1.165) is 155 Å². The van der Waals surface area contributed by atoms with E-state index >= 15 is 0 Å². The third-order valence-corrected chi connectivity index (χ3v) is 28.5. The van der Waals surface area contributed by atoms with Gasteiger partial charge in [-0.2, -0.15) is 0 Å². The SMILES string of the molecule is CCCCC1CC(C)CC(CCCC)C1N(C1CCC(/C=C/C2CCC(C)CC2)CC1)C1CCC2C3CCC(N(C4CCC(/C=C/C5CCC(C)CC5)CC4)C4C(CCCC)CC(C)CC4CCCC)C4CCCC(C5CCCC1C52)C34. The summed E-state index contributed by atoms with van der Waals surface area (Å²) >= 11 is 0. The van der Waals surface area contributed by atoms with Crippen LogP contribution in [0.1, 0.15) is 325 Å². The quantitative estimate of drug-likeness (QED) is 0.0997. The maximum atomic E-state index is 3.61. The fourth-order valence-electron chi connectivity index (χ4n) is 24.8. The number of rotatable bonds is 22. The van der Waals surface area contributed by atoms with Crippen molar-refractivity contribution in [3.8, 4) is 0 Å². The molecular weight excluding hydrogens is 989 g/mol. The molecule has 14 unspecified atom stereocenters. The molecule has 11 rings (SSSR count). The van der Waals surface area contributed by atoms with E-state index in [0.29, 0.717) is 0 Å². The van der Waals surface area contributed by atoms with Crippen molar-refractivity contribution in [1.29, 1.82) is 0 Å². The van der Waals surface area contributed by atoms with E-state index in [2.05, 4.69) is 89.5 Å². The van der Waals surface area contributed by atoms with Crippen molar-refractivity contribution >= 4 is 0 Å². The second-order valence-electron chi connectivity index (χ2n) is 33.9. The van der Waals surface area contributed by atoms with Crippen molar-refractivity contribution in [3.63, 3.8) is 0 Å². The van der Waals surface area contributed by atoms with Gasteiger partial charge in [-0.15, -0.1) is 0 Å². The molecular formula is C80H138N2. The predicted octanol–water partition coefficient (Wildman–Crippen LogP) is 22.9. The summed E-state index contributed by atoms with van der Waals surface area (Å²) in [7, 11) is 0. The summed E-state index contributed by atoms with van der Waals surface area (Å²) in [6.07, 6.45) is 73.9. The summed E-state index contributed by atoms with van der Waals surface area (Å²) < 4.78 is 0. The lowest BCUT2D eigenvalue weighted by Crippen LogP contribution is -2.67. The van der Waals surface area contributed by atoms with E-state index in [4.69, 9.17) is 0 Å². The highest BCUT2D eigenvalue weighted by Gasteiger charge is 2.63. The molecule has 0 heterocycles. The van der Waals surface area contributed by atoms with Gasteiger partial charge in [0.2, 0.25) is 0 Å². The molecule has 0 bridgehead atoms. The zero-order valence-electron chi connectivity index (χ0n) is 55.9. The first-order valence-corrected chi connectivity index (χ1v) is 39.1. The van der Waals surface area contributed by atoms with Crippen LogP contribution in [0.15, 0.2) is 24.3 Å². The van der Waals surface area contributed by atoms with Crippen LogP contribution in [-0.2, 0) is 0 Å². The van der Waals surface area contributed by atoms with Crippen molar-refractivity contribution in [2.24, 2.45) is 118 Å². The molecule has 11 aliphatic carbocycles. The topological polar surface area (TPSA) is 6.48 Å². The zero-order valence-corrected chi connectivity index (χ0v) is 55.9. The summed E-state index contributed by atoms with van der Waals surface area (Å²) in [4.78, 5) is 7.22. The summed E-state index contributed by atoms with van der Waals surface area (Å²) in [6, 6.07) is 5.11. The Bertz CT molecular complexity index is 1720. The average molecular weight is 1130 g/mol. The van der Waals surface area contributed by atoms with E-state index < -0.39 is 0 Å². The lowest BCUT2D eigenvalue weighted by Gasteiger charge is -2.68. The van der Waals surface area contributed by atoms with Gasteiger partial charge in [0.25, 0.3) is 0 Å². The number of unbranched alkanes of at least 4 members (excludes halogenated alkanes) is 4. The van der Waals surface area contributed by atoms with Crippen molar-refractivity contribution < 1.29 is 0 Å². The molecule has 0 aliphatic heterocycles. The van der Waals surface area contributed by atoms with Gasteiger partial charge in [-0.3, -0.25) is 9.80 Å². The number of allylic oxidation sites excluding steroid dienone is 4. The van der Waals surface area contributed by atoms with Gasteiger partial charge < -0.3 is 0 Å². The van der Waals surface area contributed by atoms with Gasteiger partial charge in [-0.25, -0.2) is 0 Å². The molecule has 2 nitrogen and oxygen atoms in total.